The van der Waals surface area contributed by atoms with Crippen molar-refractivity contribution in [3.05, 3.63) is 0 Å². The summed E-state index contributed by atoms with van der Waals surface area (Å²) < 4.78 is 0. The lowest BCUT2D eigenvalue weighted by molar-refractivity contribution is -0.122. The molecule has 1 N–H and O–H groups in total. The molecule has 1 heterocycles. The summed E-state index contributed by atoms with van der Waals surface area (Å²) in [5.41, 5.74) is 0. The largest absolute Gasteiger partial charge is 0.396 e. The van der Waals surface area contributed by atoms with E-state index in [1.807, 2.05) is 0 Å². The minimum absolute atomic E-state index is 0.308. The second-order valence-corrected chi connectivity index (χ2v) is 5.30. The van der Waals surface area contributed by atoms with Crippen LogP contribution in [0, 0.1) is 5.92 Å². The fraction of sp³-hybridized carbons (Fsp3) is 0.923. The van der Waals surface area contributed by atoms with Crippen molar-refractivity contribution in [2.45, 2.75) is 51.0 Å². The molecule has 2 rings (SSSR count). The molecule has 2 fully saturated rings. The van der Waals surface area contributed by atoms with Crippen molar-refractivity contribution in [1.29, 1.82) is 0 Å². The van der Waals surface area contributed by atoms with Gasteiger partial charge in [0.1, 0.15) is 5.78 Å². The molecule has 0 aromatic rings. The van der Waals surface area contributed by atoms with Crippen molar-refractivity contribution < 1.29 is 9.90 Å². The van der Waals surface area contributed by atoms with Crippen LogP contribution in [0.25, 0.3) is 0 Å². The highest BCUT2D eigenvalue weighted by atomic mass is 16.3. The fourth-order valence-electron chi connectivity index (χ4n) is 3.16. The number of likely N-dealkylation sites (tertiary alicyclic amines) is 1. The maximum atomic E-state index is 11.5. The molecule has 2 unspecified atom stereocenters. The Kier molecular flexibility index (Phi) is 4.36. The summed E-state index contributed by atoms with van der Waals surface area (Å²) in [6.07, 6.45) is 7.24. The van der Waals surface area contributed by atoms with Crippen LogP contribution in [0.3, 0.4) is 0 Å². The molecule has 0 bridgehead atoms. The Balaban J connectivity index is 1.85. The molecule has 92 valence electrons. The van der Waals surface area contributed by atoms with Gasteiger partial charge >= 0.3 is 0 Å². The number of hydrogen-bond donors (Lipinski definition) is 1. The predicted molar refractivity (Wildman–Crippen MR) is 63.3 cm³/mol. The van der Waals surface area contributed by atoms with Crippen molar-refractivity contribution in [3.63, 3.8) is 0 Å². The second kappa shape index (κ2) is 5.78. The highest BCUT2D eigenvalue weighted by molar-refractivity contribution is 5.79. The van der Waals surface area contributed by atoms with Gasteiger partial charge in [-0.1, -0.05) is 0 Å². The third-order valence-electron chi connectivity index (χ3n) is 4.06. The number of ketones is 1. The van der Waals surface area contributed by atoms with E-state index < -0.39 is 0 Å². The van der Waals surface area contributed by atoms with E-state index in [0.717, 1.165) is 38.8 Å². The van der Waals surface area contributed by atoms with Crippen LogP contribution < -0.4 is 0 Å². The normalized spacial score (nSPS) is 32.9. The average Bonchev–Trinajstić information content (AvgIpc) is 2.30. The quantitative estimate of drug-likeness (QED) is 0.793. The number of Topliss-reactive ketones (excluding diaryl/α,β-unsaturated/α-hetero) is 1. The molecule has 0 aromatic heterocycles. The van der Waals surface area contributed by atoms with Crippen LogP contribution in [0.1, 0.15) is 44.9 Å². The highest BCUT2D eigenvalue weighted by Crippen LogP contribution is 2.26. The maximum Gasteiger partial charge on any atom is 0.134 e. The van der Waals surface area contributed by atoms with Gasteiger partial charge in [-0.2, -0.15) is 0 Å². The topological polar surface area (TPSA) is 40.5 Å². The average molecular weight is 225 g/mol. The molecular weight excluding hydrogens is 202 g/mol. The van der Waals surface area contributed by atoms with Crippen molar-refractivity contribution in [3.8, 4) is 0 Å². The zero-order valence-electron chi connectivity index (χ0n) is 10.0. The number of nitrogens with zero attached hydrogens (tertiary/aromatic N) is 1. The smallest absolute Gasteiger partial charge is 0.134 e. The summed E-state index contributed by atoms with van der Waals surface area (Å²) in [5.74, 6) is 1.09. The van der Waals surface area contributed by atoms with E-state index in [2.05, 4.69) is 4.90 Å². The van der Waals surface area contributed by atoms with E-state index in [0.29, 0.717) is 24.3 Å². The van der Waals surface area contributed by atoms with E-state index in [1.165, 1.54) is 19.3 Å². The van der Waals surface area contributed by atoms with Crippen LogP contribution in [0.5, 0.6) is 0 Å². The van der Waals surface area contributed by atoms with Crippen LogP contribution in [0.15, 0.2) is 0 Å². The van der Waals surface area contributed by atoms with E-state index in [1.54, 1.807) is 0 Å². The molecule has 1 saturated heterocycles. The zero-order valence-corrected chi connectivity index (χ0v) is 10.0. The number of carbonyl (C=O) groups excluding carboxylic acids is 1. The van der Waals surface area contributed by atoms with Gasteiger partial charge in [-0.3, -0.25) is 9.69 Å². The minimum atomic E-state index is 0.308. The van der Waals surface area contributed by atoms with Gasteiger partial charge in [0.2, 0.25) is 0 Å². The van der Waals surface area contributed by atoms with Gasteiger partial charge in [-0.15, -0.1) is 0 Å². The number of aliphatic hydroxyl groups is 1. The van der Waals surface area contributed by atoms with Crippen molar-refractivity contribution in [2.75, 3.05) is 19.7 Å². The standard InChI is InChI=1S/C13H23NO2/c15-8-6-11-3-2-7-14(10-11)12-4-1-5-13(16)9-12/h11-12,15H,1-10H2. The van der Waals surface area contributed by atoms with Gasteiger partial charge in [0.15, 0.2) is 0 Å². The Morgan fingerprint density at radius 2 is 2.19 bits per heavy atom. The molecule has 0 radical (unpaired) electrons. The number of hydrogen-bond acceptors (Lipinski definition) is 3. The fourth-order valence-corrected chi connectivity index (χ4v) is 3.16. The lowest BCUT2D eigenvalue weighted by Gasteiger charge is -2.39. The van der Waals surface area contributed by atoms with E-state index >= 15 is 0 Å². The first-order chi connectivity index (χ1) is 7.79. The summed E-state index contributed by atoms with van der Waals surface area (Å²) in [6.45, 7) is 2.56. The van der Waals surface area contributed by atoms with E-state index in [9.17, 15) is 4.79 Å². The molecule has 2 atom stereocenters. The third kappa shape index (κ3) is 3.05. The second-order valence-electron chi connectivity index (χ2n) is 5.30. The highest BCUT2D eigenvalue weighted by Gasteiger charge is 2.28. The molecule has 0 aromatic carbocycles. The monoisotopic (exact) mass is 225 g/mol. The van der Waals surface area contributed by atoms with E-state index in [4.69, 9.17) is 5.11 Å². The molecule has 0 amide bonds. The Bertz CT molecular complexity index is 240. The summed E-state index contributed by atoms with van der Waals surface area (Å²) >= 11 is 0. The number of aliphatic hydroxyl groups excluding tert-OH is 1. The lowest BCUT2D eigenvalue weighted by atomic mass is 9.88. The summed E-state index contributed by atoms with van der Waals surface area (Å²) in [4.78, 5) is 14.0. The molecule has 3 nitrogen and oxygen atoms in total. The third-order valence-corrected chi connectivity index (χ3v) is 4.06. The molecule has 2 aliphatic rings. The van der Waals surface area contributed by atoms with E-state index in [-0.39, 0.29) is 0 Å². The van der Waals surface area contributed by atoms with Crippen LogP contribution in [-0.4, -0.2) is 41.5 Å². The van der Waals surface area contributed by atoms with Gasteiger partial charge in [0.25, 0.3) is 0 Å². The first-order valence-corrected chi connectivity index (χ1v) is 6.66. The predicted octanol–water partition coefficient (Wildman–Crippen LogP) is 1.59. The zero-order chi connectivity index (χ0) is 11.4. The van der Waals surface area contributed by atoms with Crippen molar-refractivity contribution in [1.82, 2.24) is 4.90 Å². The summed E-state index contributed by atoms with van der Waals surface area (Å²) in [5, 5.41) is 8.98. The summed E-state index contributed by atoms with van der Waals surface area (Å²) in [7, 11) is 0. The van der Waals surface area contributed by atoms with Crippen LogP contribution >= 0.6 is 0 Å². The lowest BCUT2D eigenvalue weighted by Crippen LogP contribution is -2.45. The van der Waals surface area contributed by atoms with Crippen molar-refractivity contribution in [2.24, 2.45) is 5.92 Å². The van der Waals surface area contributed by atoms with Gasteiger partial charge in [0, 0.05) is 32.0 Å². The molecule has 3 heteroatoms. The Morgan fingerprint density at radius 1 is 1.31 bits per heavy atom. The number of rotatable bonds is 3. The Labute approximate surface area is 97.8 Å². The number of carbonyl (C=O) groups is 1. The minimum Gasteiger partial charge on any atom is -0.396 e. The van der Waals surface area contributed by atoms with Gasteiger partial charge in [-0.25, -0.2) is 0 Å². The maximum absolute atomic E-state index is 11.5. The van der Waals surface area contributed by atoms with Crippen LogP contribution in [-0.2, 0) is 4.79 Å². The Hall–Kier alpha value is -0.410. The van der Waals surface area contributed by atoms with Crippen LogP contribution in [0.4, 0.5) is 0 Å². The molecule has 1 saturated carbocycles. The Morgan fingerprint density at radius 3 is 2.94 bits per heavy atom. The van der Waals surface area contributed by atoms with Gasteiger partial charge in [0.05, 0.1) is 0 Å². The van der Waals surface area contributed by atoms with Crippen LogP contribution in [0.2, 0.25) is 0 Å². The van der Waals surface area contributed by atoms with Crippen molar-refractivity contribution >= 4 is 5.78 Å². The molecular formula is C13H23NO2. The summed E-state index contributed by atoms with van der Waals surface area (Å²) in [6, 6.07) is 0.503. The van der Waals surface area contributed by atoms with Gasteiger partial charge < -0.3 is 5.11 Å². The molecule has 1 aliphatic heterocycles. The van der Waals surface area contributed by atoms with Gasteiger partial charge in [-0.05, 0) is 44.6 Å². The molecule has 16 heavy (non-hydrogen) atoms. The SMILES string of the molecule is O=C1CCCC(N2CCCC(CCO)C2)C1. The molecule has 0 spiro atoms. The molecule has 1 aliphatic carbocycles. The number of piperidine rings is 1. The first kappa shape index (κ1) is 12.1. The first-order valence-electron chi connectivity index (χ1n) is 6.66.